The van der Waals surface area contributed by atoms with Crippen molar-refractivity contribution < 1.29 is 18.4 Å². The van der Waals surface area contributed by atoms with Crippen LogP contribution in [-0.2, 0) is 18.4 Å². The van der Waals surface area contributed by atoms with Gasteiger partial charge in [0.1, 0.15) is 0 Å². The van der Waals surface area contributed by atoms with E-state index in [1.54, 1.807) is 6.08 Å². The fraction of sp³-hybridized carbons (Fsp3) is 0.839. The fourth-order valence-electron chi connectivity index (χ4n) is 4.10. The normalized spacial score (nSPS) is 25.2. The van der Waals surface area contributed by atoms with Gasteiger partial charge in [0.15, 0.2) is 16.6 Å². The number of cyclic esters (lactones) is 1. The van der Waals surface area contributed by atoms with Gasteiger partial charge in [0.2, 0.25) is 0 Å². The van der Waals surface area contributed by atoms with Gasteiger partial charge in [-0.2, -0.15) is 0 Å². The van der Waals surface area contributed by atoms with Crippen LogP contribution in [0.1, 0.15) is 112 Å². The summed E-state index contributed by atoms with van der Waals surface area (Å²) < 4.78 is 19.4. The first-order chi connectivity index (χ1) is 17.1. The summed E-state index contributed by atoms with van der Waals surface area (Å²) in [7, 11) is -3.84. The number of hydrogen-bond donors (Lipinski definition) is 0. The molecule has 0 N–H and O–H groups in total. The Hall–Kier alpha value is -0.696. The third-order valence-corrected chi connectivity index (χ3v) is 17.7. The molecule has 2 atom stereocenters. The SMILES string of the molecule is CC(C)(C)[Si](C)(C)OC1C/C=C/C=C/C(=O)OCCCCCCCCCC[C@@H](O[Si](C)(C)C(C)(C)C)C1. The van der Waals surface area contributed by atoms with Crippen molar-refractivity contribution >= 4 is 22.6 Å². The van der Waals surface area contributed by atoms with E-state index in [2.05, 4.69) is 73.8 Å². The molecule has 0 aromatic heterocycles. The second kappa shape index (κ2) is 15.8. The van der Waals surface area contributed by atoms with Crippen molar-refractivity contribution in [1.29, 1.82) is 0 Å². The van der Waals surface area contributed by atoms with E-state index in [-0.39, 0.29) is 28.3 Å². The summed E-state index contributed by atoms with van der Waals surface area (Å²) in [6.45, 7) is 23.8. The molecule has 0 saturated heterocycles. The van der Waals surface area contributed by atoms with Gasteiger partial charge in [0, 0.05) is 12.2 Å². The Balaban J connectivity index is 3.12. The third kappa shape index (κ3) is 13.8. The minimum atomic E-state index is -1.94. The molecule has 1 aliphatic rings. The molecule has 0 bridgehead atoms. The van der Waals surface area contributed by atoms with Gasteiger partial charge in [0.05, 0.1) is 12.7 Å². The molecule has 0 spiro atoms. The summed E-state index contributed by atoms with van der Waals surface area (Å²) >= 11 is 0. The molecular formula is C31H60O4Si2. The van der Waals surface area contributed by atoms with Crippen molar-refractivity contribution in [3.63, 3.8) is 0 Å². The largest absolute Gasteiger partial charge is 0.463 e. The van der Waals surface area contributed by atoms with Crippen LogP contribution in [-0.4, -0.2) is 41.4 Å². The minimum absolute atomic E-state index is 0.109. The molecule has 0 fully saturated rings. The van der Waals surface area contributed by atoms with Crippen LogP contribution in [0.2, 0.25) is 36.3 Å². The molecule has 216 valence electrons. The topological polar surface area (TPSA) is 44.8 Å². The second-order valence-corrected chi connectivity index (χ2v) is 23.6. The lowest BCUT2D eigenvalue weighted by Crippen LogP contribution is -2.47. The highest BCUT2D eigenvalue weighted by atomic mass is 28.4. The Kier molecular flexibility index (Phi) is 14.6. The molecule has 0 aromatic rings. The van der Waals surface area contributed by atoms with Gasteiger partial charge in [-0.05, 0) is 61.9 Å². The molecular weight excluding hydrogens is 493 g/mol. The summed E-state index contributed by atoms with van der Waals surface area (Å²) in [5, 5.41) is 0.338. The minimum Gasteiger partial charge on any atom is -0.463 e. The summed E-state index contributed by atoms with van der Waals surface area (Å²) in [6, 6.07) is 0. The van der Waals surface area contributed by atoms with Crippen molar-refractivity contribution in [3.05, 3.63) is 24.3 Å². The molecule has 0 aromatic carbocycles. The van der Waals surface area contributed by atoms with Crippen molar-refractivity contribution in [2.45, 2.75) is 161 Å². The smallest absolute Gasteiger partial charge is 0.330 e. The van der Waals surface area contributed by atoms with E-state index in [0.717, 1.165) is 32.1 Å². The molecule has 1 heterocycles. The first-order valence-electron chi connectivity index (χ1n) is 14.9. The van der Waals surface area contributed by atoms with Crippen molar-refractivity contribution in [2.24, 2.45) is 0 Å². The third-order valence-electron chi connectivity index (χ3n) is 8.60. The van der Waals surface area contributed by atoms with E-state index in [1.165, 1.54) is 44.6 Å². The van der Waals surface area contributed by atoms with Crippen LogP contribution in [0.25, 0.3) is 0 Å². The van der Waals surface area contributed by atoms with E-state index in [1.807, 2.05) is 6.08 Å². The lowest BCUT2D eigenvalue weighted by molar-refractivity contribution is -0.137. The van der Waals surface area contributed by atoms with Crippen LogP contribution in [0.15, 0.2) is 24.3 Å². The highest BCUT2D eigenvalue weighted by molar-refractivity contribution is 6.74. The zero-order valence-electron chi connectivity index (χ0n) is 26.1. The number of ether oxygens (including phenoxy) is 1. The maximum atomic E-state index is 12.0. The zero-order valence-corrected chi connectivity index (χ0v) is 28.1. The van der Waals surface area contributed by atoms with Crippen molar-refractivity contribution in [3.8, 4) is 0 Å². The van der Waals surface area contributed by atoms with E-state index in [0.29, 0.717) is 6.61 Å². The van der Waals surface area contributed by atoms with E-state index >= 15 is 0 Å². The maximum absolute atomic E-state index is 12.0. The number of hydrogen-bond acceptors (Lipinski definition) is 4. The van der Waals surface area contributed by atoms with E-state index < -0.39 is 16.6 Å². The average Bonchev–Trinajstić information content (AvgIpc) is 2.74. The molecule has 1 unspecified atom stereocenters. The molecule has 0 amide bonds. The molecule has 4 nitrogen and oxygen atoms in total. The van der Waals surface area contributed by atoms with Gasteiger partial charge in [0.25, 0.3) is 0 Å². The summed E-state index contributed by atoms with van der Waals surface area (Å²) in [6.07, 6.45) is 20.3. The highest BCUT2D eigenvalue weighted by Crippen LogP contribution is 2.40. The molecule has 0 aliphatic carbocycles. The van der Waals surface area contributed by atoms with Crippen LogP contribution in [0.4, 0.5) is 0 Å². The monoisotopic (exact) mass is 552 g/mol. The number of carbonyl (C=O) groups is 1. The van der Waals surface area contributed by atoms with Gasteiger partial charge in [-0.25, -0.2) is 4.79 Å². The molecule has 1 rings (SSSR count). The first-order valence-corrected chi connectivity index (χ1v) is 20.7. The van der Waals surface area contributed by atoms with Crippen LogP contribution in [0.3, 0.4) is 0 Å². The maximum Gasteiger partial charge on any atom is 0.330 e. The Morgan fingerprint density at radius 3 is 1.76 bits per heavy atom. The number of allylic oxidation sites excluding steroid dienone is 2. The van der Waals surface area contributed by atoms with Crippen LogP contribution < -0.4 is 0 Å². The van der Waals surface area contributed by atoms with Gasteiger partial charge in [-0.3, -0.25) is 0 Å². The predicted molar refractivity (Wildman–Crippen MR) is 164 cm³/mol. The van der Waals surface area contributed by atoms with Gasteiger partial charge < -0.3 is 13.6 Å². The second-order valence-electron chi connectivity index (χ2n) is 14.0. The quantitative estimate of drug-likeness (QED) is 0.257. The fourth-order valence-corrected chi connectivity index (χ4v) is 6.88. The highest BCUT2D eigenvalue weighted by Gasteiger charge is 2.41. The number of esters is 1. The van der Waals surface area contributed by atoms with Crippen molar-refractivity contribution in [2.75, 3.05) is 6.61 Å². The first kappa shape index (κ1) is 34.3. The predicted octanol–water partition coefficient (Wildman–Crippen LogP) is 9.73. The number of carbonyl (C=O) groups excluding carboxylic acids is 1. The molecule has 0 radical (unpaired) electrons. The Labute approximate surface area is 232 Å². The van der Waals surface area contributed by atoms with Crippen LogP contribution in [0, 0.1) is 0 Å². The van der Waals surface area contributed by atoms with E-state index in [9.17, 15) is 4.79 Å². The number of rotatable bonds is 4. The molecule has 1 aliphatic heterocycles. The lowest BCUT2D eigenvalue weighted by atomic mass is 10.0. The van der Waals surface area contributed by atoms with E-state index in [4.69, 9.17) is 13.6 Å². The Morgan fingerprint density at radius 2 is 1.22 bits per heavy atom. The molecule has 6 heteroatoms. The zero-order chi connectivity index (χ0) is 28.2. The van der Waals surface area contributed by atoms with Crippen LogP contribution in [0.5, 0.6) is 0 Å². The standard InChI is InChI=1S/C31H60O4Si2/c1-30(2,3)36(7,8)34-27-22-18-15-13-11-12-14-16-21-25-33-29(32)24-20-17-19-23-28(26-27)35-37(9,10)31(4,5)6/h17,19-20,24,27-28H,11-16,18,21-23,25-26H2,1-10H3/b19-17+,24-20+/t27-,28?/m1/s1. The Bertz CT molecular complexity index is 714. The van der Waals surface area contributed by atoms with Gasteiger partial charge in [-0.1, -0.05) is 105 Å². The van der Waals surface area contributed by atoms with Gasteiger partial charge in [-0.15, -0.1) is 0 Å². The van der Waals surface area contributed by atoms with Crippen LogP contribution >= 0.6 is 0 Å². The molecule has 37 heavy (non-hydrogen) atoms. The average molecular weight is 553 g/mol. The summed E-state index contributed by atoms with van der Waals surface area (Å²) in [4.78, 5) is 12.0. The van der Waals surface area contributed by atoms with Gasteiger partial charge >= 0.3 is 5.97 Å². The Morgan fingerprint density at radius 1 is 0.730 bits per heavy atom. The summed E-state index contributed by atoms with van der Waals surface area (Å²) in [5.74, 6) is -0.254. The lowest BCUT2D eigenvalue weighted by Gasteiger charge is -2.42. The van der Waals surface area contributed by atoms with Crippen molar-refractivity contribution in [1.82, 2.24) is 0 Å². The molecule has 0 saturated carbocycles. The summed E-state index contributed by atoms with van der Waals surface area (Å²) in [5.41, 5.74) is 0.